The third-order valence-electron chi connectivity index (χ3n) is 2.65. The van der Waals surface area contributed by atoms with Crippen molar-refractivity contribution in [3.05, 3.63) is 34.9 Å². The summed E-state index contributed by atoms with van der Waals surface area (Å²) >= 11 is 0. The Bertz CT molecular complexity index is 374. The quantitative estimate of drug-likeness (QED) is 0.713. The molecule has 0 aliphatic carbocycles. The molecule has 0 saturated carbocycles. The second-order valence-corrected chi connectivity index (χ2v) is 3.63. The van der Waals surface area contributed by atoms with Gasteiger partial charge in [-0.1, -0.05) is 12.1 Å². The van der Waals surface area contributed by atoms with Crippen molar-refractivity contribution in [1.82, 2.24) is 4.90 Å². The van der Waals surface area contributed by atoms with Crippen LogP contribution in [0.1, 0.15) is 21.5 Å². The highest BCUT2D eigenvalue weighted by Gasteiger charge is 2.20. The van der Waals surface area contributed by atoms with Crippen LogP contribution in [0.2, 0.25) is 0 Å². The molecule has 3 nitrogen and oxygen atoms in total. The van der Waals surface area contributed by atoms with Crippen molar-refractivity contribution in [3.8, 4) is 0 Å². The molecule has 0 saturated heterocycles. The fourth-order valence-corrected chi connectivity index (χ4v) is 1.76. The zero-order valence-corrected chi connectivity index (χ0v) is 8.16. The number of hydrogen-bond donors (Lipinski definition) is 1. The van der Waals surface area contributed by atoms with Gasteiger partial charge in [-0.25, -0.2) is 0 Å². The Morgan fingerprint density at radius 2 is 2.29 bits per heavy atom. The number of nitrogens with zero attached hydrogens (tertiary/aromatic N) is 1. The van der Waals surface area contributed by atoms with Gasteiger partial charge in [-0.2, -0.15) is 0 Å². The van der Waals surface area contributed by atoms with E-state index in [0.717, 1.165) is 29.7 Å². The van der Waals surface area contributed by atoms with Gasteiger partial charge in [0.05, 0.1) is 6.61 Å². The zero-order valence-electron chi connectivity index (χ0n) is 8.16. The van der Waals surface area contributed by atoms with Gasteiger partial charge in [0, 0.05) is 19.2 Å². The third-order valence-corrected chi connectivity index (χ3v) is 2.65. The molecule has 1 aliphatic heterocycles. The van der Waals surface area contributed by atoms with Gasteiger partial charge >= 0.3 is 0 Å². The van der Waals surface area contributed by atoms with E-state index in [1.807, 2.05) is 13.1 Å². The van der Waals surface area contributed by atoms with E-state index in [2.05, 4.69) is 0 Å². The van der Waals surface area contributed by atoms with Crippen molar-refractivity contribution >= 4 is 5.91 Å². The minimum Gasteiger partial charge on any atom is -0.392 e. The monoisotopic (exact) mass is 191 g/mol. The molecule has 0 unspecified atom stereocenters. The van der Waals surface area contributed by atoms with Crippen LogP contribution in [0.4, 0.5) is 0 Å². The molecule has 1 N–H and O–H groups in total. The summed E-state index contributed by atoms with van der Waals surface area (Å²) in [5, 5.41) is 8.96. The van der Waals surface area contributed by atoms with E-state index in [0.29, 0.717) is 0 Å². The van der Waals surface area contributed by atoms with Gasteiger partial charge in [0.25, 0.3) is 5.91 Å². The summed E-state index contributed by atoms with van der Waals surface area (Å²) in [7, 11) is 1.81. The van der Waals surface area contributed by atoms with Gasteiger partial charge in [0.1, 0.15) is 0 Å². The molecule has 0 fully saturated rings. The van der Waals surface area contributed by atoms with Crippen molar-refractivity contribution < 1.29 is 9.90 Å². The molecule has 0 spiro atoms. The summed E-state index contributed by atoms with van der Waals surface area (Å²) in [6, 6.07) is 5.52. The number of hydrogen-bond acceptors (Lipinski definition) is 2. The van der Waals surface area contributed by atoms with E-state index < -0.39 is 0 Å². The second-order valence-electron chi connectivity index (χ2n) is 3.63. The molecular formula is C11H13NO2. The Balaban J connectivity index is 2.44. The molecule has 0 aromatic heterocycles. The van der Waals surface area contributed by atoms with E-state index in [1.54, 1.807) is 17.0 Å². The molecule has 74 valence electrons. The average molecular weight is 191 g/mol. The van der Waals surface area contributed by atoms with Crippen molar-refractivity contribution in [1.29, 1.82) is 0 Å². The molecule has 1 heterocycles. The highest BCUT2D eigenvalue weighted by molar-refractivity contribution is 5.96. The molecule has 1 aromatic rings. The molecule has 0 atom stereocenters. The van der Waals surface area contributed by atoms with Crippen LogP contribution in [-0.2, 0) is 13.0 Å². The number of aliphatic hydroxyl groups excluding tert-OH is 1. The van der Waals surface area contributed by atoms with Crippen LogP contribution in [0.15, 0.2) is 18.2 Å². The lowest BCUT2D eigenvalue weighted by Crippen LogP contribution is -2.34. The van der Waals surface area contributed by atoms with Crippen LogP contribution >= 0.6 is 0 Å². The van der Waals surface area contributed by atoms with Crippen LogP contribution < -0.4 is 0 Å². The summed E-state index contributed by atoms with van der Waals surface area (Å²) < 4.78 is 0. The van der Waals surface area contributed by atoms with Crippen LogP contribution in [-0.4, -0.2) is 29.5 Å². The van der Waals surface area contributed by atoms with Gasteiger partial charge in [0.15, 0.2) is 0 Å². The minimum atomic E-state index is 0.0390. The predicted octanol–water partition coefficient (Wildman–Crippen LogP) is 0.807. The Morgan fingerprint density at radius 1 is 1.50 bits per heavy atom. The molecule has 0 bridgehead atoms. The fraction of sp³-hybridized carbons (Fsp3) is 0.364. The second kappa shape index (κ2) is 3.42. The number of likely N-dealkylation sites (N-methyl/N-ethyl adjacent to an activating group) is 1. The van der Waals surface area contributed by atoms with E-state index in [4.69, 9.17) is 5.11 Å². The largest absolute Gasteiger partial charge is 0.392 e. The Labute approximate surface area is 83.0 Å². The number of aliphatic hydroxyl groups is 1. The highest BCUT2D eigenvalue weighted by Crippen LogP contribution is 2.19. The molecular weight excluding hydrogens is 178 g/mol. The van der Waals surface area contributed by atoms with Crippen molar-refractivity contribution in [2.24, 2.45) is 0 Å². The Hall–Kier alpha value is -1.35. The van der Waals surface area contributed by atoms with Gasteiger partial charge in [-0.3, -0.25) is 4.79 Å². The first-order valence-electron chi connectivity index (χ1n) is 4.70. The number of rotatable bonds is 1. The van der Waals surface area contributed by atoms with Crippen molar-refractivity contribution in [2.45, 2.75) is 13.0 Å². The average Bonchev–Trinajstić information content (AvgIpc) is 2.23. The first kappa shape index (κ1) is 9.21. The minimum absolute atomic E-state index is 0.0390. The van der Waals surface area contributed by atoms with Crippen LogP contribution in [0.5, 0.6) is 0 Å². The summed E-state index contributed by atoms with van der Waals surface area (Å²) in [5.74, 6) is 0.0794. The maximum Gasteiger partial charge on any atom is 0.253 e. The molecule has 14 heavy (non-hydrogen) atoms. The van der Waals surface area contributed by atoms with Gasteiger partial charge < -0.3 is 10.0 Å². The van der Waals surface area contributed by atoms with Crippen molar-refractivity contribution in [3.63, 3.8) is 0 Å². The zero-order chi connectivity index (χ0) is 10.1. The molecule has 2 rings (SSSR count). The number of carbonyl (C=O) groups excluding carboxylic acids is 1. The van der Waals surface area contributed by atoms with Gasteiger partial charge in [0.2, 0.25) is 0 Å². The van der Waals surface area contributed by atoms with Gasteiger partial charge in [-0.15, -0.1) is 0 Å². The Morgan fingerprint density at radius 3 is 3.00 bits per heavy atom. The topological polar surface area (TPSA) is 40.5 Å². The molecule has 1 aliphatic rings. The van der Waals surface area contributed by atoms with Crippen LogP contribution in [0.3, 0.4) is 0 Å². The molecule has 3 heteroatoms. The van der Waals surface area contributed by atoms with Crippen LogP contribution in [0.25, 0.3) is 0 Å². The lowest BCUT2D eigenvalue weighted by Gasteiger charge is -2.24. The first-order valence-corrected chi connectivity index (χ1v) is 4.70. The van der Waals surface area contributed by atoms with Gasteiger partial charge in [-0.05, 0) is 23.6 Å². The summed E-state index contributed by atoms with van der Waals surface area (Å²) in [5.41, 5.74) is 2.71. The molecule has 1 aromatic carbocycles. The summed E-state index contributed by atoms with van der Waals surface area (Å²) in [4.78, 5) is 13.4. The summed E-state index contributed by atoms with van der Waals surface area (Å²) in [6.45, 7) is 0.804. The number of benzene rings is 1. The number of carbonyl (C=O) groups is 1. The van der Waals surface area contributed by atoms with E-state index >= 15 is 0 Å². The lowest BCUT2D eigenvalue weighted by molar-refractivity contribution is 0.0780. The van der Waals surface area contributed by atoms with Crippen molar-refractivity contribution in [2.75, 3.05) is 13.6 Å². The summed E-state index contributed by atoms with van der Waals surface area (Å²) in [6.07, 6.45) is 0.880. The predicted molar refractivity (Wildman–Crippen MR) is 53.0 cm³/mol. The number of fused-ring (bicyclic) bond motifs is 1. The van der Waals surface area contributed by atoms with E-state index in [-0.39, 0.29) is 12.5 Å². The lowest BCUT2D eigenvalue weighted by atomic mass is 9.97. The molecule has 1 amide bonds. The third kappa shape index (κ3) is 1.40. The normalized spacial score (nSPS) is 15.6. The maximum absolute atomic E-state index is 11.7. The van der Waals surface area contributed by atoms with E-state index in [9.17, 15) is 4.79 Å². The smallest absolute Gasteiger partial charge is 0.253 e. The maximum atomic E-state index is 11.7. The van der Waals surface area contributed by atoms with Crippen LogP contribution in [0, 0.1) is 0 Å². The SMILES string of the molecule is CN1CCc2cc(CO)ccc2C1=O. The standard InChI is InChI=1S/C11H13NO2/c1-12-5-4-9-6-8(7-13)2-3-10(9)11(12)14/h2-3,6,13H,4-5,7H2,1H3. The first-order chi connectivity index (χ1) is 6.72. The fourth-order valence-electron chi connectivity index (χ4n) is 1.76. The highest BCUT2D eigenvalue weighted by atomic mass is 16.3. The molecule has 0 radical (unpaired) electrons. The Kier molecular flexibility index (Phi) is 2.25. The number of amides is 1. The van der Waals surface area contributed by atoms with E-state index in [1.165, 1.54) is 0 Å².